The van der Waals surface area contributed by atoms with Gasteiger partial charge in [-0.2, -0.15) is 0 Å². The highest BCUT2D eigenvalue weighted by atomic mass is 32.2. The molecule has 1 aromatic heterocycles. The van der Waals surface area contributed by atoms with E-state index in [0.29, 0.717) is 11.3 Å². The van der Waals surface area contributed by atoms with E-state index in [0.717, 1.165) is 17.3 Å². The predicted molar refractivity (Wildman–Crippen MR) is 90.1 cm³/mol. The van der Waals surface area contributed by atoms with Crippen LogP contribution >= 0.6 is 24.0 Å². The maximum atomic E-state index is 12.6. The highest BCUT2D eigenvalue weighted by Gasteiger charge is 2.42. The molecule has 1 amide bonds. The van der Waals surface area contributed by atoms with E-state index in [1.165, 1.54) is 4.90 Å². The second kappa shape index (κ2) is 7.02. The molecule has 1 aromatic rings. The van der Waals surface area contributed by atoms with Crippen LogP contribution < -0.4 is 0 Å². The molecule has 2 heterocycles. The number of thioether (sulfide) groups is 1. The molecule has 0 bridgehead atoms. The van der Waals surface area contributed by atoms with Gasteiger partial charge in [0, 0.05) is 12.4 Å². The van der Waals surface area contributed by atoms with Crippen LogP contribution in [0.2, 0.25) is 0 Å². The molecule has 22 heavy (non-hydrogen) atoms. The first-order valence-corrected chi connectivity index (χ1v) is 8.08. The van der Waals surface area contributed by atoms with Crippen LogP contribution in [0.25, 0.3) is 6.08 Å². The number of carboxylic acid groups (broad SMARTS) is 1. The predicted octanol–water partition coefficient (Wildman–Crippen LogP) is 2.78. The number of aliphatic carboxylic acids is 1. The summed E-state index contributed by atoms with van der Waals surface area (Å²) < 4.78 is 0.285. The van der Waals surface area contributed by atoms with Crippen molar-refractivity contribution in [1.82, 2.24) is 9.88 Å². The van der Waals surface area contributed by atoms with Gasteiger partial charge in [-0.25, -0.2) is 4.79 Å². The first-order chi connectivity index (χ1) is 10.5. The van der Waals surface area contributed by atoms with Crippen molar-refractivity contribution in [3.8, 4) is 0 Å². The number of hydrogen-bond acceptors (Lipinski definition) is 5. The molecule has 1 fully saturated rings. The summed E-state index contributed by atoms with van der Waals surface area (Å²) in [6.45, 7) is 3.70. The quantitative estimate of drug-likeness (QED) is 0.658. The highest BCUT2D eigenvalue weighted by molar-refractivity contribution is 8.26. The van der Waals surface area contributed by atoms with Crippen molar-refractivity contribution < 1.29 is 14.7 Å². The largest absolute Gasteiger partial charge is 0.480 e. The smallest absolute Gasteiger partial charge is 0.327 e. The molecule has 2 unspecified atom stereocenters. The Morgan fingerprint density at radius 3 is 2.86 bits per heavy atom. The number of thiocarbonyl (C=S) groups is 1. The van der Waals surface area contributed by atoms with Crippen molar-refractivity contribution in [2.75, 3.05) is 0 Å². The van der Waals surface area contributed by atoms with Crippen molar-refractivity contribution in [1.29, 1.82) is 0 Å². The fourth-order valence-electron chi connectivity index (χ4n) is 2.16. The summed E-state index contributed by atoms with van der Waals surface area (Å²) >= 11 is 6.35. The van der Waals surface area contributed by atoms with E-state index in [4.69, 9.17) is 12.2 Å². The number of nitrogens with zero attached hydrogens (tertiary/aromatic N) is 2. The average Bonchev–Trinajstić information content (AvgIpc) is 2.76. The molecule has 0 radical (unpaired) electrons. The van der Waals surface area contributed by atoms with E-state index < -0.39 is 12.0 Å². The zero-order valence-corrected chi connectivity index (χ0v) is 13.9. The van der Waals surface area contributed by atoms with Gasteiger partial charge in [-0.3, -0.25) is 14.7 Å². The van der Waals surface area contributed by atoms with Gasteiger partial charge in [0.25, 0.3) is 5.91 Å². The van der Waals surface area contributed by atoms with E-state index >= 15 is 0 Å². The monoisotopic (exact) mass is 336 g/mol. The van der Waals surface area contributed by atoms with Gasteiger partial charge in [-0.15, -0.1) is 0 Å². The van der Waals surface area contributed by atoms with Gasteiger partial charge in [-0.05, 0) is 23.6 Å². The number of rotatable bonds is 5. The molecule has 0 aliphatic carbocycles. The number of carbonyl (C=O) groups is 2. The SMILES string of the molecule is CCC(C)C(C(=O)O)N1C(=O)/C(=C/c2cccnc2)SC1=S. The standard InChI is InChI=1S/C15H16N2O3S2/c1-3-9(2)12(14(19)20)17-13(18)11(22-15(17)21)7-10-5-4-6-16-8-10/h4-9,12H,3H2,1-2H3,(H,19,20)/b11-7-. The Morgan fingerprint density at radius 2 is 2.32 bits per heavy atom. The van der Waals surface area contributed by atoms with Crippen molar-refractivity contribution in [3.63, 3.8) is 0 Å². The van der Waals surface area contributed by atoms with Crippen LogP contribution in [0.3, 0.4) is 0 Å². The van der Waals surface area contributed by atoms with E-state index in [2.05, 4.69) is 4.98 Å². The van der Waals surface area contributed by atoms with E-state index in [1.54, 1.807) is 24.5 Å². The number of hydrogen-bond donors (Lipinski definition) is 1. The first-order valence-electron chi connectivity index (χ1n) is 6.85. The summed E-state index contributed by atoms with van der Waals surface area (Å²) in [6.07, 6.45) is 5.61. The van der Waals surface area contributed by atoms with Gasteiger partial charge in [0.05, 0.1) is 4.91 Å². The average molecular weight is 336 g/mol. The second-order valence-electron chi connectivity index (χ2n) is 5.01. The molecule has 1 N–H and O–H groups in total. The van der Waals surface area contributed by atoms with Crippen molar-refractivity contribution in [2.24, 2.45) is 5.92 Å². The summed E-state index contributed by atoms with van der Waals surface area (Å²) in [4.78, 5) is 29.7. The minimum Gasteiger partial charge on any atom is -0.480 e. The van der Waals surface area contributed by atoms with E-state index in [-0.39, 0.29) is 16.1 Å². The number of carbonyl (C=O) groups excluding carboxylic acids is 1. The zero-order valence-electron chi connectivity index (χ0n) is 12.2. The summed E-state index contributed by atoms with van der Waals surface area (Å²) in [5.41, 5.74) is 0.776. The molecule has 1 saturated heterocycles. The second-order valence-corrected chi connectivity index (χ2v) is 6.68. The minimum absolute atomic E-state index is 0.183. The van der Waals surface area contributed by atoms with Gasteiger partial charge in [0.2, 0.25) is 0 Å². The number of carboxylic acids is 1. The Kier molecular flexibility index (Phi) is 5.31. The minimum atomic E-state index is -1.03. The fourth-order valence-corrected chi connectivity index (χ4v) is 3.49. The molecule has 1 aliphatic rings. The summed E-state index contributed by atoms with van der Waals surface area (Å²) in [6, 6.07) is 2.66. The van der Waals surface area contributed by atoms with Crippen molar-refractivity contribution >= 4 is 46.3 Å². The molecule has 7 heteroatoms. The summed E-state index contributed by atoms with van der Waals surface area (Å²) in [5.74, 6) is -1.57. The third-order valence-corrected chi connectivity index (χ3v) is 4.85. The Hall–Kier alpha value is -1.73. The molecular formula is C15H16N2O3S2. The van der Waals surface area contributed by atoms with Crippen molar-refractivity contribution in [3.05, 3.63) is 35.0 Å². The Morgan fingerprint density at radius 1 is 1.59 bits per heavy atom. The number of amides is 1. The lowest BCUT2D eigenvalue weighted by molar-refractivity contribution is -0.147. The molecule has 0 aromatic carbocycles. The molecule has 2 atom stereocenters. The topological polar surface area (TPSA) is 70.5 Å². The summed E-state index contributed by atoms with van der Waals surface area (Å²) in [7, 11) is 0. The van der Waals surface area contributed by atoms with Crippen LogP contribution in [-0.2, 0) is 9.59 Å². The molecule has 0 saturated carbocycles. The molecule has 0 spiro atoms. The van der Waals surface area contributed by atoms with Gasteiger partial charge in [0.15, 0.2) is 0 Å². The molecule has 2 rings (SSSR count). The van der Waals surface area contributed by atoms with Crippen molar-refractivity contribution in [2.45, 2.75) is 26.3 Å². The Balaban J connectivity index is 2.32. The maximum Gasteiger partial charge on any atom is 0.327 e. The van der Waals surface area contributed by atoms with Crippen LogP contribution in [0.4, 0.5) is 0 Å². The van der Waals surface area contributed by atoms with Gasteiger partial charge in [0.1, 0.15) is 10.4 Å². The normalized spacial score (nSPS) is 19.5. The zero-order chi connectivity index (χ0) is 16.3. The van der Waals surface area contributed by atoms with Crippen LogP contribution in [0.5, 0.6) is 0 Å². The third-order valence-electron chi connectivity index (χ3n) is 3.52. The lowest BCUT2D eigenvalue weighted by atomic mass is 9.98. The van der Waals surface area contributed by atoms with Crippen LogP contribution in [0, 0.1) is 5.92 Å². The third kappa shape index (κ3) is 3.36. The van der Waals surface area contributed by atoms with Crippen LogP contribution in [0.15, 0.2) is 29.4 Å². The molecular weight excluding hydrogens is 320 g/mol. The molecule has 1 aliphatic heterocycles. The first kappa shape index (κ1) is 16.6. The van der Waals surface area contributed by atoms with Gasteiger partial charge >= 0.3 is 5.97 Å². The van der Waals surface area contributed by atoms with Gasteiger partial charge in [-0.1, -0.05) is 50.3 Å². The highest BCUT2D eigenvalue weighted by Crippen LogP contribution is 2.35. The lowest BCUT2D eigenvalue weighted by Gasteiger charge is -2.27. The van der Waals surface area contributed by atoms with E-state index in [9.17, 15) is 14.7 Å². The maximum absolute atomic E-state index is 12.6. The van der Waals surface area contributed by atoms with Crippen LogP contribution in [-0.4, -0.2) is 37.2 Å². The number of pyridine rings is 1. The lowest BCUT2D eigenvalue weighted by Crippen LogP contribution is -2.47. The fraction of sp³-hybridized carbons (Fsp3) is 0.333. The van der Waals surface area contributed by atoms with Gasteiger partial charge < -0.3 is 5.11 Å². The number of aromatic nitrogens is 1. The Labute approximate surface area is 138 Å². The molecule has 116 valence electrons. The van der Waals surface area contributed by atoms with E-state index in [1.807, 2.05) is 19.9 Å². The van der Waals surface area contributed by atoms with Crippen LogP contribution in [0.1, 0.15) is 25.8 Å². The Bertz CT molecular complexity index is 631. The summed E-state index contributed by atoms with van der Waals surface area (Å²) in [5, 5.41) is 9.45. The molecule has 5 nitrogen and oxygen atoms in total.